The third-order valence-electron chi connectivity index (χ3n) is 9.71. The van der Waals surface area contributed by atoms with Gasteiger partial charge in [-0.3, -0.25) is 9.69 Å². The van der Waals surface area contributed by atoms with E-state index < -0.39 is 0 Å². The zero-order valence-corrected chi connectivity index (χ0v) is 21.0. The van der Waals surface area contributed by atoms with Crippen LogP contribution in [0, 0.1) is 11.8 Å². The van der Waals surface area contributed by atoms with Crippen LogP contribution in [-0.2, 0) is 16.6 Å². The Morgan fingerprint density at radius 2 is 2.19 bits per heavy atom. The summed E-state index contributed by atoms with van der Waals surface area (Å²) in [5, 5.41) is 11.1. The first kappa shape index (κ1) is 22.3. The highest BCUT2D eigenvalue weighted by Gasteiger charge is 2.67. The molecule has 7 heteroatoms. The quantitative estimate of drug-likeness (QED) is 0.618. The smallest absolute Gasteiger partial charge is 0.246 e. The minimum absolute atomic E-state index is 0.0378. The Morgan fingerprint density at radius 3 is 2.94 bits per heavy atom. The number of carbonyl (C=O) groups is 1. The number of hydrogen-bond donors (Lipinski definition) is 1. The van der Waals surface area contributed by atoms with Crippen LogP contribution in [0.15, 0.2) is 35.2 Å². The largest absolute Gasteiger partial charge is 0.508 e. The van der Waals surface area contributed by atoms with E-state index in [4.69, 9.17) is 13.9 Å². The van der Waals surface area contributed by atoms with E-state index in [1.807, 2.05) is 18.0 Å². The van der Waals surface area contributed by atoms with E-state index >= 15 is 0 Å². The van der Waals surface area contributed by atoms with Gasteiger partial charge >= 0.3 is 0 Å². The molecule has 7 rings (SSSR count). The van der Waals surface area contributed by atoms with Crippen LogP contribution in [0.2, 0.25) is 0 Å². The molecule has 2 aliphatic heterocycles. The molecular weight excluding hydrogens is 456 g/mol. The van der Waals surface area contributed by atoms with Crippen molar-refractivity contribution in [3.8, 4) is 17.2 Å². The van der Waals surface area contributed by atoms with E-state index in [0.29, 0.717) is 23.5 Å². The molecule has 2 saturated carbocycles. The molecule has 1 aromatic carbocycles. The summed E-state index contributed by atoms with van der Waals surface area (Å²) in [5.41, 5.74) is 2.86. The van der Waals surface area contributed by atoms with E-state index in [1.54, 1.807) is 37.9 Å². The van der Waals surface area contributed by atoms with Gasteiger partial charge in [0.1, 0.15) is 11.9 Å². The Kier molecular flexibility index (Phi) is 4.97. The molecule has 1 aromatic heterocycles. The van der Waals surface area contributed by atoms with Crippen molar-refractivity contribution in [1.29, 1.82) is 0 Å². The van der Waals surface area contributed by atoms with Gasteiger partial charge in [-0.25, -0.2) is 0 Å². The van der Waals surface area contributed by atoms with Crippen molar-refractivity contribution >= 4 is 12.0 Å². The average Bonchev–Trinajstić information content (AvgIpc) is 3.41. The summed E-state index contributed by atoms with van der Waals surface area (Å²) >= 11 is 0. The van der Waals surface area contributed by atoms with Crippen LogP contribution in [0.4, 0.5) is 0 Å². The molecule has 2 bridgehead atoms. The highest BCUT2D eigenvalue weighted by atomic mass is 16.5. The third-order valence-corrected chi connectivity index (χ3v) is 9.71. The van der Waals surface area contributed by atoms with Crippen molar-refractivity contribution < 1.29 is 23.8 Å². The lowest BCUT2D eigenvalue weighted by atomic mass is 9.50. The molecule has 0 radical (unpaired) electrons. The van der Waals surface area contributed by atoms with Crippen LogP contribution in [-0.4, -0.2) is 66.2 Å². The maximum absolute atomic E-state index is 13.3. The van der Waals surface area contributed by atoms with Crippen molar-refractivity contribution in [2.45, 2.75) is 62.1 Å². The number of aromatic hydroxyl groups is 1. The molecule has 3 heterocycles. The Bertz CT molecular complexity index is 1220. The molecule has 2 aromatic rings. The number of phenolic OH excluding ortho intramolecular Hbond substituents is 1. The number of rotatable bonds is 6. The maximum Gasteiger partial charge on any atom is 0.246 e. The molecule has 3 fully saturated rings. The number of furan rings is 1. The highest BCUT2D eigenvalue weighted by molar-refractivity contribution is 5.91. The topological polar surface area (TPSA) is 75.4 Å². The van der Waals surface area contributed by atoms with E-state index in [2.05, 4.69) is 4.90 Å². The zero-order valence-electron chi connectivity index (χ0n) is 21.0. The highest BCUT2D eigenvalue weighted by Crippen LogP contribution is 2.65. The predicted octanol–water partition coefficient (Wildman–Crippen LogP) is 3.98. The molecule has 190 valence electrons. The summed E-state index contributed by atoms with van der Waals surface area (Å²) in [6, 6.07) is 3.92. The van der Waals surface area contributed by atoms with E-state index in [-0.39, 0.29) is 23.5 Å². The van der Waals surface area contributed by atoms with E-state index in [1.165, 1.54) is 19.4 Å². The molecule has 7 nitrogen and oxygen atoms in total. The van der Waals surface area contributed by atoms with Crippen LogP contribution in [0.3, 0.4) is 0 Å². The average molecular weight is 491 g/mol. The van der Waals surface area contributed by atoms with Crippen LogP contribution >= 0.6 is 0 Å². The summed E-state index contributed by atoms with van der Waals surface area (Å²) in [6.07, 6.45) is 13.0. The SMILES string of the molecule is COc1cc(O)c2c3c1O[C@H]1[C@@H](N(C)C(=O)/C=C/c4ccoc4)CC[C@H]4[C@@H](C2)N(CC2CC2)CC[C@@]341. The monoisotopic (exact) mass is 490 g/mol. The number of phenols is 1. The van der Waals surface area contributed by atoms with Gasteiger partial charge in [-0.15, -0.1) is 0 Å². The number of piperidine rings is 1. The molecule has 1 spiro atoms. The lowest BCUT2D eigenvalue weighted by Crippen LogP contribution is -2.69. The molecule has 5 atom stereocenters. The Balaban J connectivity index is 1.28. The Morgan fingerprint density at radius 1 is 1.33 bits per heavy atom. The van der Waals surface area contributed by atoms with E-state index in [9.17, 15) is 9.90 Å². The molecule has 1 N–H and O–H groups in total. The first-order chi connectivity index (χ1) is 17.5. The van der Waals surface area contributed by atoms with Gasteiger partial charge in [0.25, 0.3) is 0 Å². The molecule has 1 amide bonds. The fourth-order valence-corrected chi connectivity index (χ4v) is 7.88. The normalized spacial score (nSPS) is 32.3. The number of benzene rings is 1. The van der Waals surface area contributed by atoms with Crippen molar-refractivity contribution in [3.05, 3.63) is 47.4 Å². The second-order valence-electron chi connectivity index (χ2n) is 11.4. The predicted molar refractivity (Wildman–Crippen MR) is 134 cm³/mol. The van der Waals surface area contributed by atoms with Crippen molar-refractivity contribution in [2.75, 3.05) is 27.2 Å². The van der Waals surface area contributed by atoms with Crippen molar-refractivity contribution in [2.24, 2.45) is 11.8 Å². The molecule has 1 saturated heterocycles. The molecule has 5 aliphatic rings. The van der Waals surface area contributed by atoms with Crippen LogP contribution in [0.1, 0.15) is 48.8 Å². The fraction of sp³-hybridized carbons (Fsp3) is 0.552. The van der Waals surface area contributed by atoms with Gasteiger partial charge in [0.05, 0.1) is 25.7 Å². The van der Waals surface area contributed by atoms with Gasteiger partial charge in [-0.05, 0) is 69.0 Å². The van der Waals surface area contributed by atoms with Crippen LogP contribution in [0.5, 0.6) is 17.2 Å². The summed E-state index contributed by atoms with van der Waals surface area (Å²) < 4.78 is 17.7. The second kappa shape index (κ2) is 8.04. The molecule has 3 aliphatic carbocycles. The van der Waals surface area contributed by atoms with Crippen molar-refractivity contribution in [1.82, 2.24) is 9.80 Å². The molecule has 0 unspecified atom stereocenters. The Hall–Kier alpha value is -2.93. The lowest BCUT2D eigenvalue weighted by molar-refractivity contribution is -0.135. The number of carbonyl (C=O) groups excluding carboxylic acids is 1. The summed E-state index contributed by atoms with van der Waals surface area (Å²) in [5.74, 6) is 2.95. The number of hydrogen-bond acceptors (Lipinski definition) is 6. The van der Waals surface area contributed by atoms with Crippen LogP contribution in [0.25, 0.3) is 6.08 Å². The van der Waals surface area contributed by atoms with Gasteiger partial charge in [-0.2, -0.15) is 0 Å². The summed E-state index contributed by atoms with van der Waals surface area (Å²) in [7, 11) is 3.53. The number of likely N-dealkylation sites (N-methyl/N-ethyl adjacent to an activating group) is 1. The molecule has 36 heavy (non-hydrogen) atoms. The minimum Gasteiger partial charge on any atom is -0.508 e. The number of methoxy groups -OCH3 is 1. The summed E-state index contributed by atoms with van der Waals surface area (Å²) in [6.45, 7) is 2.21. The number of nitrogens with zero attached hydrogens (tertiary/aromatic N) is 2. The maximum atomic E-state index is 13.3. The molecular formula is C29H34N2O5. The number of ether oxygens (including phenoxy) is 2. The zero-order chi connectivity index (χ0) is 24.6. The first-order valence-corrected chi connectivity index (χ1v) is 13.3. The van der Waals surface area contributed by atoms with Gasteiger partial charge in [0, 0.05) is 53.9 Å². The number of amides is 1. The second-order valence-corrected chi connectivity index (χ2v) is 11.4. The standard InChI is InChI=1S/C29H34N2O5/c1-30(25(33)8-5-18-9-12-35-16-18)21-7-6-20-22-13-19-23(32)14-24(34-2)27-26(19)29(20,28(21)36-27)10-11-31(22)15-17-3-4-17/h5,8-9,12,14,16-17,20-22,28,32H,3-4,6-7,10-11,13,15H2,1-2H3/b8-5+/t20-,21-,22+,28-,29-/m0/s1. The fourth-order valence-electron chi connectivity index (χ4n) is 7.88. The summed E-state index contributed by atoms with van der Waals surface area (Å²) in [4.78, 5) is 17.8. The minimum atomic E-state index is -0.203. The van der Waals surface area contributed by atoms with Gasteiger partial charge < -0.3 is 23.9 Å². The Labute approximate surface area is 211 Å². The van der Waals surface area contributed by atoms with E-state index in [0.717, 1.165) is 60.6 Å². The van der Waals surface area contributed by atoms with Gasteiger partial charge in [0.15, 0.2) is 11.5 Å². The van der Waals surface area contributed by atoms with Gasteiger partial charge in [-0.1, -0.05) is 0 Å². The lowest BCUT2D eigenvalue weighted by Gasteiger charge is -2.60. The third kappa shape index (κ3) is 3.11. The number of likely N-dealkylation sites (tertiary alicyclic amines) is 1. The van der Waals surface area contributed by atoms with Gasteiger partial charge in [0.2, 0.25) is 5.91 Å². The first-order valence-electron chi connectivity index (χ1n) is 13.3. The van der Waals surface area contributed by atoms with Crippen LogP contribution < -0.4 is 9.47 Å². The van der Waals surface area contributed by atoms with Crippen molar-refractivity contribution in [3.63, 3.8) is 0 Å².